The topological polar surface area (TPSA) is 76.7 Å². The summed E-state index contributed by atoms with van der Waals surface area (Å²) in [5.74, 6) is 0. The highest BCUT2D eigenvalue weighted by Crippen LogP contribution is 2.45. The predicted octanol–water partition coefficient (Wildman–Crippen LogP) is 6.25. The molecule has 4 rings (SSSR count). The van der Waals surface area contributed by atoms with Crippen LogP contribution in [0, 0.1) is 0 Å². The summed E-state index contributed by atoms with van der Waals surface area (Å²) < 4.78 is 10.4. The van der Waals surface area contributed by atoms with Crippen LogP contribution in [-0.2, 0) is 35.2 Å². The van der Waals surface area contributed by atoms with Gasteiger partial charge in [0, 0.05) is 11.1 Å². The van der Waals surface area contributed by atoms with Gasteiger partial charge in [-0.15, -0.1) is 0 Å². The summed E-state index contributed by atoms with van der Waals surface area (Å²) in [5.41, 5.74) is 8.65. The molecule has 2 N–H and O–H groups in total. The first kappa shape index (κ1) is 22.2. The highest BCUT2D eigenvalue weighted by atomic mass is 16.6. The zero-order valence-corrected chi connectivity index (χ0v) is 19.0. The van der Waals surface area contributed by atoms with E-state index in [0.29, 0.717) is 13.2 Å². The number of carbonyl (C=O) groups excluding carboxylic acids is 2. The normalized spacial score (nSPS) is 14.7. The van der Waals surface area contributed by atoms with Crippen molar-refractivity contribution in [1.82, 2.24) is 0 Å². The Balaban J connectivity index is 1.92. The molecule has 2 aromatic carbocycles. The number of amides is 2. The Morgan fingerprint density at radius 3 is 1.50 bits per heavy atom. The van der Waals surface area contributed by atoms with E-state index in [-0.39, 0.29) is 0 Å². The maximum absolute atomic E-state index is 12.4. The summed E-state index contributed by atoms with van der Waals surface area (Å²) in [5, 5.41) is 5.93. The maximum atomic E-state index is 12.4. The molecule has 0 aliphatic heterocycles. The van der Waals surface area contributed by atoms with Gasteiger partial charge in [0.2, 0.25) is 0 Å². The van der Waals surface area contributed by atoms with E-state index in [0.717, 1.165) is 73.9 Å². The van der Waals surface area contributed by atoms with E-state index >= 15 is 0 Å². The second-order valence-electron chi connectivity index (χ2n) is 8.36. The van der Waals surface area contributed by atoms with Crippen molar-refractivity contribution in [1.29, 1.82) is 0 Å². The number of hydrogen-bond donors (Lipinski definition) is 2. The van der Waals surface area contributed by atoms with Gasteiger partial charge in [-0.1, -0.05) is 12.1 Å². The van der Waals surface area contributed by atoms with E-state index in [9.17, 15) is 9.59 Å². The van der Waals surface area contributed by atoms with Gasteiger partial charge in [-0.2, -0.15) is 0 Å². The zero-order valence-electron chi connectivity index (χ0n) is 19.0. The fourth-order valence-electron chi connectivity index (χ4n) is 4.99. The number of benzene rings is 2. The molecule has 0 bridgehead atoms. The van der Waals surface area contributed by atoms with Crippen molar-refractivity contribution in [2.24, 2.45) is 0 Å². The van der Waals surface area contributed by atoms with E-state index in [1.54, 1.807) is 13.8 Å². The first-order valence-corrected chi connectivity index (χ1v) is 11.8. The van der Waals surface area contributed by atoms with Crippen LogP contribution >= 0.6 is 0 Å². The summed E-state index contributed by atoms with van der Waals surface area (Å²) >= 11 is 0. The standard InChI is InChI=1S/C26H32N2O4/c1-3-31-25(29)27-21-15-13-17-9-5-7-11-19(17)23(21)24-20-12-8-6-10-18(20)14-16-22(24)28-26(30)32-4-2/h13-16H,3-12H2,1-2H3,(H,27,29)(H,28,30). The zero-order chi connectivity index (χ0) is 22.5. The quantitative estimate of drug-likeness (QED) is 0.581. The molecule has 6 nitrogen and oxygen atoms in total. The molecule has 0 heterocycles. The van der Waals surface area contributed by atoms with Gasteiger partial charge in [0.15, 0.2) is 0 Å². The van der Waals surface area contributed by atoms with Crippen LogP contribution < -0.4 is 10.6 Å². The third-order valence-electron chi connectivity index (χ3n) is 6.34. The van der Waals surface area contributed by atoms with Gasteiger partial charge in [-0.25, -0.2) is 9.59 Å². The van der Waals surface area contributed by atoms with Gasteiger partial charge in [-0.05, 0) is 99.6 Å². The van der Waals surface area contributed by atoms with Crippen molar-refractivity contribution in [2.45, 2.75) is 65.2 Å². The molecule has 0 saturated carbocycles. The van der Waals surface area contributed by atoms with E-state index in [2.05, 4.69) is 22.8 Å². The van der Waals surface area contributed by atoms with Crippen LogP contribution in [-0.4, -0.2) is 25.4 Å². The largest absolute Gasteiger partial charge is 0.450 e. The molecule has 6 heteroatoms. The van der Waals surface area contributed by atoms with Crippen LogP contribution in [0.4, 0.5) is 21.0 Å². The van der Waals surface area contributed by atoms with Crippen molar-refractivity contribution in [3.63, 3.8) is 0 Å². The molecule has 0 saturated heterocycles. The average Bonchev–Trinajstić information content (AvgIpc) is 2.79. The maximum Gasteiger partial charge on any atom is 0.411 e. The molecular weight excluding hydrogens is 404 g/mol. The van der Waals surface area contributed by atoms with Crippen LogP contribution in [0.5, 0.6) is 0 Å². The smallest absolute Gasteiger partial charge is 0.411 e. The summed E-state index contributed by atoms with van der Waals surface area (Å²) in [6.45, 7) is 4.20. The average molecular weight is 437 g/mol. The number of fused-ring (bicyclic) bond motifs is 2. The number of ether oxygens (including phenoxy) is 2. The lowest BCUT2D eigenvalue weighted by Gasteiger charge is -2.28. The second kappa shape index (κ2) is 10.1. The van der Waals surface area contributed by atoms with Crippen LogP contribution in [0.2, 0.25) is 0 Å². The predicted molar refractivity (Wildman–Crippen MR) is 126 cm³/mol. The highest BCUT2D eigenvalue weighted by Gasteiger charge is 2.26. The highest BCUT2D eigenvalue weighted by molar-refractivity contribution is 6.00. The van der Waals surface area contributed by atoms with Crippen molar-refractivity contribution >= 4 is 23.6 Å². The van der Waals surface area contributed by atoms with Crippen molar-refractivity contribution in [3.8, 4) is 11.1 Å². The first-order valence-electron chi connectivity index (χ1n) is 11.8. The van der Waals surface area contributed by atoms with Crippen LogP contribution in [0.25, 0.3) is 11.1 Å². The molecule has 170 valence electrons. The van der Waals surface area contributed by atoms with E-state index in [1.165, 1.54) is 22.3 Å². The monoisotopic (exact) mass is 436 g/mol. The van der Waals surface area contributed by atoms with Gasteiger partial charge in [0.05, 0.1) is 24.6 Å². The summed E-state index contributed by atoms with van der Waals surface area (Å²) in [6, 6.07) is 8.19. The molecule has 0 atom stereocenters. The van der Waals surface area contributed by atoms with Gasteiger partial charge < -0.3 is 9.47 Å². The molecule has 0 unspecified atom stereocenters. The molecule has 0 aromatic heterocycles. The Hall–Kier alpha value is -3.02. The van der Waals surface area contributed by atoms with Crippen molar-refractivity contribution < 1.29 is 19.1 Å². The van der Waals surface area contributed by atoms with Gasteiger partial charge in [0.25, 0.3) is 0 Å². The van der Waals surface area contributed by atoms with Gasteiger partial charge in [0.1, 0.15) is 0 Å². The Morgan fingerprint density at radius 2 is 1.09 bits per heavy atom. The van der Waals surface area contributed by atoms with Crippen molar-refractivity contribution in [3.05, 3.63) is 46.5 Å². The number of rotatable bonds is 5. The summed E-state index contributed by atoms with van der Waals surface area (Å²) in [7, 11) is 0. The number of carbonyl (C=O) groups is 2. The number of nitrogens with one attached hydrogen (secondary N) is 2. The number of aryl methyl sites for hydroxylation is 2. The Kier molecular flexibility index (Phi) is 6.98. The number of anilines is 2. The third-order valence-corrected chi connectivity index (χ3v) is 6.34. The summed E-state index contributed by atoms with van der Waals surface area (Å²) in [4.78, 5) is 24.8. The SMILES string of the molecule is CCOC(=O)Nc1ccc2c(c1-c1c(NC(=O)OCC)ccc3c1CCCC3)CCCC2. The lowest BCUT2D eigenvalue weighted by molar-refractivity contribution is 0.167. The molecule has 2 aliphatic rings. The van der Waals surface area contributed by atoms with E-state index < -0.39 is 12.2 Å². The van der Waals surface area contributed by atoms with Gasteiger partial charge >= 0.3 is 12.2 Å². The molecule has 2 aliphatic carbocycles. The second-order valence-corrected chi connectivity index (χ2v) is 8.36. The Bertz CT molecular complexity index is 934. The lowest BCUT2D eigenvalue weighted by atomic mass is 9.79. The minimum absolute atomic E-state index is 0.308. The molecule has 0 spiro atoms. The van der Waals surface area contributed by atoms with Gasteiger partial charge in [-0.3, -0.25) is 10.6 Å². The first-order chi connectivity index (χ1) is 15.6. The molecule has 0 radical (unpaired) electrons. The van der Waals surface area contributed by atoms with Crippen LogP contribution in [0.3, 0.4) is 0 Å². The molecule has 2 amide bonds. The lowest BCUT2D eigenvalue weighted by Crippen LogP contribution is -2.19. The van der Waals surface area contributed by atoms with Crippen molar-refractivity contribution in [2.75, 3.05) is 23.8 Å². The van der Waals surface area contributed by atoms with Crippen LogP contribution in [0.15, 0.2) is 24.3 Å². The Morgan fingerprint density at radius 1 is 0.688 bits per heavy atom. The Labute approximate surface area is 189 Å². The van der Waals surface area contributed by atoms with E-state index in [1.807, 2.05) is 12.1 Å². The molecule has 0 fully saturated rings. The number of hydrogen-bond acceptors (Lipinski definition) is 4. The molecule has 2 aromatic rings. The fourth-order valence-corrected chi connectivity index (χ4v) is 4.99. The third kappa shape index (κ3) is 4.59. The van der Waals surface area contributed by atoms with E-state index in [4.69, 9.17) is 9.47 Å². The summed E-state index contributed by atoms with van der Waals surface area (Å²) in [6.07, 6.45) is 7.57. The minimum atomic E-state index is -0.464. The molecular formula is C26H32N2O4. The van der Waals surface area contributed by atoms with Crippen LogP contribution in [0.1, 0.15) is 61.8 Å². The molecule has 32 heavy (non-hydrogen) atoms. The fraction of sp³-hybridized carbons (Fsp3) is 0.462. The minimum Gasteiger partial charge on any atom is -0.450 e.